The van der Waals surface area contributed by atoms with Gasteiger partial charge in [0.2, 0.25) is 0 Å². The molecule has 0 radical (unpaired) electrons. The Bertz CT molecular complexity index is 1010. The fraction of sp³-hybridized carbons (Fsp3) is 0.176. The normalized spacial score (nSPS) is 10.6. The lowest BCUT2D eigenvalue weighted by Gasteiger charge is -2.07. The molecule has 2 aromatic carbocycles. The highest BCUT2D eigenvalue weighted by Crippen LogP contribution is 2.30. The van der Waals surface area contributed by atoms with E-state index in [9.17, 15) is 14.9 Å². The summed E-state index contributed by atoms with van der Waals surface area (Å²) >= 11 is 7.24. The SMILES string of the molecule is CCOc1ccc2nc(NC(=O)COc3ccc([N+](=O)[O-])cc3Cl)sc2c1. The van der Waals surface area contributed by atoms with Crippen LogP contribution in [0.15, 0.2) is 36.4 Å². The summed E-state index contributed by atoms with van der Waals surface area (Å²) in [5.41, 5.74) is 0.593. The van der Waals surface area contributed by atoms with Crippen LogP contribution in [-0.2, 0) is 4.79 Å². The zero-order valence-corrected chi connectivity index (χ0v) is 15.7. The van der Waals surface area contributed by atoms with Gasteiger partial charge in [0.25, 0.3) is 11.6 Å². The van der Waals surface area contributed by atoms with Gasteiger partial charge in [0, 0.05) is 12.1 Å². The van der Waals surface area contributed by atoms with Gasteiger partial charge in [0.15, 0.2) is 11.7 Å². The number of nitro benzene ring substituents is 1. The Labute approximate surface area is 162 Å². The van der Waals surface area contributed by atoms with E-state index < -0.39 is 10.8 Å². The number of nitro groups is 1. The first kappa shape index (κ1) is 18.9. The number of hydrogen-bond acceptors (Lipinski definition) is 7. The van der Waals surface area contributed by atoms with Crippen molar-refractivity contribution in [3.63, 3.8) is 0 Å². The Hall–Kier alpha value is -2.91. The van der Waals surface area contributed by atoms with Crippen molar-refractivity contribution in [1.29, 1.82) is 0 Å². The topological polar surface area (TPSA) is 104 Å². The minimum atomic E-state index is -0.563. The van der Waals surface area contributed by atoms with Gasteiger partial charge in [-0.2, -0.15) is 0 Å². The molecule has 0 aliphatic heterocycles. The Balaban J connectivity index is 1.62. The maximum Gasteiger partial charge on any atom is 0.271 e. The quantitative estimate of drug-likeness (QED) is 0.463. The first-order valence-corrected chi connectivity index (χ1v) is 9.05. The van der Waals surface area contributed by atoms with Crippen LogP contribution in [0.1, 0.15) is 6.92 Å². The standard InChI is InChI=1S/C17H14ClN3O5S/c1-2-25-11-4-5-13-15(8-11)27-17(19-13)20-16(22)9-26-14-6-3-10(21(23)24)7-12(14)18/h3-8H,2,9H2,1H3,(H,19,20,22). The van der Waals surface area contributed by atoms with Crippen molar-refractivity contribution in [3.05, 3.63) is 51.5 Å². The molecule has 10 heteroatoms. The molecule has 1 amide bonds. The van der Waals surface area contributed by atoms with E-state index in [-0.39, 0.29) is 23.1 Å². The molecule has 0 saturated carbocycles. The number of benzene rings is 2. The Morgan fingerprint density at radius 3 is 2.81 bits per heavy atom. The van der Waals surface area contributed by atoms with Gasteiger partial charge in [-0.05, 0) is 31.2 Å². The molecule has 8 nitrogen and oxygen atoms in total. The Kier molecular flexibility index (Phi) is 5.72. The number of non-ortho nitro benzene ring substituents is 1. The monoisotopic (exact) mass is 407 g/mol. The van der Waals surface area contributed by atoms with Crippen molar-refractivity contribution >= 4 is 49.9 Å². The summed E-state index contributed by atoms with van der Waals surface area (Å²) in [6, 6.07) is 9.26. The van der Waals surface area contributed by atoms with Crippen LogP contribution in [0.3, 0.4) is 0 Å². The number of carbonyl (C=O) groups excluding carboxylic acids is 1. The molecule has 3 rings (SSSR count). The van der Waals surface area contributed by atoms with Gasteiger partial charge in [0.1, 0.15) is 11.5 Å². The largest absolute Gasteiger partial charge is 0.494 e. The fourth-order valence-electron chi connectivity index (χ4n) is 2.23. The lowest BCUT2D eigenvalue weighted by Crippen LogP contribution is -2.20. The predicted octanol–water partition coefficient (Wildman–Crippen LogP) is 4.27. The number of aromatic nitrogens is 1. The average Bonchev–Trinajstić information content (AvgIpc) is 3.02. The number of rotatable bonds is 7. The van der Waals surface area contributed by atoms with Crippen LogP contribution >= 0.6 is 22.9 Å². The first-order chi connectivity index (χ1) is 13.0. The third-order valence-electron chi connectivity index (χ3n) is 3.40. The number of amides is 1. The highest BCUT2D eigenvalue weighted by atomic mass is 35.5. The third kappa shape index (κ3) is 4.63. The van der Waals surface area contributed by atoms with Crippen molar-refractivity contribution in [1.82, 2.24) is 4.98 Å². The van der Waals surface area contributed by atoms with Gasteiger partial charge in [0.05, 0.1) is 26.8 Å². The van der Waals surface area contributed by atoms with E-state index in [0.29, 0.717) is 11.7 Å². The highest BCUT2D eigenvalue weighted by molar-refractivity contribution is 7.22. The summed E-state index contributed by atoms with van der Waals surface area (Å²) in [7, 11) is 0. The second-order valence-corrected chi connectivity index (χ2v) is 6.73. The van der Waals surface area contributed by atoms with Crippen LogP contribution in [-0.4, -0.2) is 29.0 Å². The van der Waals surface area contributed by atoms with E-state index >= 15 is 0 Å². The van der Waals surface area contributed by atoms with Gasteiger partial charge in [-0.1, -0.05) is 22.9 Å². The summed E-state index contributed by atoms with van der Waals surface area (Å²) in [6.07, 6.45) is 0. The molecule has 140 valence electrons. The molecule has 0 bridgehead atoms. The molecule has 0 atom stereocenters. The average molecular weight is 408 g/mol. The van der Waals surface area contributed by atoms with Gasteiger partial charge < -0.3 is 9.47 Å². The first-order valence-electron chi connectivity index (χ1n) is 7.86. The van der Waals surface area contributed by atoms with Gasteiger partial charge in [-0.3, -0.25) is 20.2 Å². The molecular formula is C17H14ClN3O5S. The molecule has 0 fully saturated rings. The molecule has 0 unspecified atom stereocenters. The van der Waals surface area contributed by atoms with Crippen LogP contribution in [0.2, 0.25) is 5.02 Å². The van der Waals surface area contributed by atoms with Gasteiger partial charge in [-0.15, -0.1) is 0 Å². The number of nitrogens with one attached hydrogen (secondary N) is 1. The summed E-state index contributed by atoms with van der Waals surface area (Å²) < 4.78 is 11.6. The van der Waals surface area contributed by atoms with Crippen LogP contribution in [0.25, 0.3) is 10.2 Å². The number of thiazole rings is 1. The van der Waals surface area contributed by atoms with Crippen molar-refractivity contribution in [2.45, 2.75) is 6.92 Å². The summed E-state index contributed by atoms with van der Waals surface area (Å²) in [6.45, 7) is 2.16. The summed E-state index contributed by atoms with van der Waals surface area (Å²) in [5, 5.41) is 13.8. The minimum Gasteiger partial charge on any atom is -0.494 e. The van der Waals surface area contributed by atoms with Gasteiger partial charge in [-0.25, -0.2) is 4.98 Å². The summed E-state index contributed by atoms with van der Waals surface area (Å²) in [5.74, 6) is 0.499. The molecule has 27 heavy (non-hydrogen) atoms. The van der Waals surface area contributed by atoms with Crippen molar-refractivity contribution < 1.29 is 19.2 Å². The van der Waals surface area contributed by atoms with Crippen molar-refractivity contribution in [3.8, 4) is 11.5 Å². The van der Waals surface area contributed by atoms with E-state index in [4.69, 9.17) is 21.1 Å². The molecule has 1 aromatic heterocycles. The van der Waals surface area contributed by atoms with E-state index in [1.54, 1.807) is 0 Å². The Morgan fingerprint density at radius 1 is 1.30 bits per heavy atom. The number of ether oxygens (including phenoxy) is 2. The van der Waals surface area contributed by atoms with Crippen molar-refractivity contribution in [2.75, 3.05) is 18.5 Å². The molecule has 1 heterocycles. The summed E-state index contributed by atoms with van der Waals surface area (Å²) in [4.78, 5) is 26.5. The number of fused-ring (bicyclic) bond motifs is 1. The molecule has 0 saturated heterocycles. The number of nitrogens with zero attached hydrogens (tertiary/aromatic N) is 2. The Morgan fingerprint density at radius 2 is 2.11 bits per heavy atom. The predicted molar refractivity (Wildman–Crippen MR) is 103 cm³/mol. The second kappa shape index (κ2) is 8.19. The minimum absolute atomic E-state index is 0.0560. The zero-order valence-electron chi connectivity index (χ0n) is 14.1. The van der Waals surface area contributed by atoms with Crippen LogP contribution in [0.4, 0.5) is 10.8 Å². The molecule has 0 aliphatic carbocycles. The van der Waals surface area contributed by atoms with E-state index in [0.717, 1.165) is 22.0 Å². The number of carbonyl (C=O) groups is 1. The fourth-order valence-corrected chi connectivity index (χ4v) is 3.37. The molecule has 1 N–H and O–H groups in total. The smallest absolute Gasteiger partial charge is 0.271 e. The van der Waals surface area contributed by atoms with E-state index in [2.05, 4.69) is 10.3 Å². The lowest BCUT2D eigenvalue weighted by molar-refractivity contribution is -0.384. The van der Waals surface area contributed by atoms with E-state index in [1.165, 1.54) is 23.5 Å². The maximum atomic E-state index is 12.1. The molecular weight excluding hydrogens is 394 g/mol. The molecule has 3 aromatic rings. The number of halogens is 1. The number of hydrogen-bond donors (Lipinski definition) is 1. The molecule has 0 spiro atoms. The van der Waals surface area contributed by atoms with Crippen molar-refractivity contribution in [2.24, 2.45) is 0 Å². The van der Waals surface area contributed by atoms with E-state index in [1.807, 2.05) is 25.1 Å². The third-order valence-corrected chi connectivity index (χ3v) is 4.63. The second-order valence-electron chi connectivity index (χ2n) is 5.29. The number of anilines is 1. The highest BCUT2D eigenvalue weighted by Gasteiger charge is 2.13. The maximum absolute atomic E-state index is 12.1. The van der Waals surface area contributed by atoms with Crippen LogP contribution < -0.4 is 14.8 Å². The lowest BCUT2D eigenvalue weighted by atomic mass is 10.3. The molecule has 0 aliphatic rings. The van der Waals surface area contributed by atoms with Crippen LogP contribution in [0, 0.1) is 10.1 Å². The zero-order chi connectivity index (χ0) is 19.4. The van der Waals surface area contributed by atoms with Gasteiger partial charge >= 0.3 is 0 Å². The van der Waals surface area contributed by atoms with Crippen LogP contribution in [0.5, 0.6) is 11.5 Å².